The number of aromatic nitrogens is 4. The van der Waals surface area contributed by atoms with E-state index in [1.54, 1.807) is 19.2 Å². The molecule has 0 radical (unpaired) electrons. The average Bonchev–Trinajstić information content (AvgIpc) is 3.67. The summed E-state index contributed by atoms with van der Waals surface area (Å²) in [5.41, 5.74) is 4.45. The number of nitrogens with one attached hydrogen (secondary N) is 2. The first kappa shape index (κ1) is 21.5. The number of morpholine rings is 1. The third-order valence-electron chi connectivity index (χ3n) is 6.44. The molecule has 2 fully saturated rings. The van der Waals surface area contributed by atoms with Gasteiger partial charge in [0.25, 0.3) is 5.91 Å². The molecule has 2 aliphatic rings. The zero-order valence-corrected chi connectivity index (χ0v) is 19.6. The fourth-order valence-electron chi connectivity index (χ4n) is 4.36. The van der Waals surface area contributed by atoms with Crippen LogP contribution in [0.25, 0.3) is 22.2 Å². The minimum atomic E-state index is -0.115. The van der Waals surface area contributed by atoms with Crippen molar-refractivity contribution in [2.45, 2.75) is 18.9 Å². The van der Waals surface area contributed by atoms with Crippen LogP contribution in [0.2, 0.25) is 0 Å². The van der Waals surface area contributed by atoms with Gasteiger partial charge in [0, 0.05) is 48.4 Å². The number of rotatable bonds is 6. The summed E-state index contributed by atoms with van der Waals surface area (Å²) in [6, 6.07) is 16.2. The van der Waals surface area contributed by atoms with Crippen molar-refractivity contribution in [3.8, 4) is 11.3 Å². The van der Waals surface area contributed by atoms with E-state index in [9.17, 15) is 4.79 Å². The molecule has 1 aliphatic heterocycles. The van der Waals surface area contributed by atoms with Gasteiger partial charge in [0.1, 0.15) is 5.82 Å². The van der Waals surface area contributed by atoms with Crippen LogP contribution >= 0.6 is 0 Å². The number of carbonyl (C=O) groups excluding carboxylic acids is 1. The quantitative estimate of drug-likeness (QED) is 0.444. The Balaban J connectivity index is 1.37. The molecule has 3 heterocycles. The maximum atomic E-state index is 11.9. The predicted octanol–water partition coefficient (Wildman–Crippen LogP) is 3.77. The van der Waals surface area contributed by atoms with Gasteiger partial charge in [-0.25, -0.2) is 4.98 Å². The number of carbonyl (C=O) groups is 1. The lowest BCUT2D eigenvalue weighted by Gasteiger charge is -2.27. The fraction of sp³-hybridized carbons (Fsp3) is 0.308. The van der Waals surface area contributed by atoms with Gasteiger partial charge in [0.05, 0.1) is 36.7 Å². The van der Waals surface area contributed by atoms with Crippen LogP contribution in [0.1, 0.15) is 29.2 Å². The molecule has 1 amide bonds. The third kappa shape index (κ3) is 4.42. The molecular weight excluding hydrogens is 442 g/mol. The highest BCUT2D eigenvalue weighted by Crippen LogP contribution is 2.37. The zero-order chi connectivity index (χ0) is 23.8. The van der Waals surface area contributed by atoms with Crippen molar-refractivity contribution in [2.75, 3.05) is 43.6 Å². The van der Waals surface area contributed by atoms with Crippen LogP contribution in [0.4, 0.5) is 17.5 Å². The molecule has 35 heavy (non-hydrogen) atoms. The summed E-state index contributed by atoms with van der Waals surface area (Å²) < 4.78 is 7.66. The van der Waals surface area contributed by atoms with Crippen molar-refractivity contribution in [1.82, 2.24) is 25.1 Å². The lowest BCUT2D eigenvalue weighted by atomic mass is 10.1. The Morgan fingerprint density at radius 2 is 1.83 bits per heavy atom. The van der Waals surface area contributed by atoms with Crippen LogP contribution in [0.15, 0.2) is 54.7 Å². The molecule has 2 aromatic heterocycles. The smallest absolute Gasteiger partial charge is 0.251 e. The van der Waals surface area contributed by atoms with Crippen molar-refractivity contribution < 1.29 is 9.53 Å². The van der Waals surface area contributed by atoms with Crippen LogP contribution in [-0.2, 0) is 4.74 Å². The lowest BCUT2D eigenvalue weighted by Crippen LogP contribution is -2.37. The molecule has 1 saturated heterocycles. The van der Waals surface area contributed by atoms with E-state index in [2.05, 4.69) is 43.5 Å². The SMILES string of the molecule is CNC(=O)c1ccc(Nc2cc(-c3ccc4cnn(C5CC5)c4c3)nc(N3CCOCC3)n2)cc1. The van der Waals surface area contributed by atoms with Gasteiger partial charge in [-0.3, -0.25) is 9.48 Å². The highest BCUT2D eigenvalue weighted by Gasteiger charge is 2.26. The number of ether oxygens (including phenoxy) is 1. The van der Waals surface area contributed by atoms with Crippen LogP contribution in [0, 0.1) is 0 Å². The first-order valence-corrected chi connectivity index (χ1v) is 12.0. The average molecular weight is 470 g/mol. The van der Waals surface area contributed by atoms with Crippen LogP contribution < -0.4 is 15.5 Å². The van der Waals surface area contributed by atoms with E-state index < -0.39 is 0 Å². The third-order valence-corrected chi connectivity index (χ3v) is 6.44. The second-order valence-corrected chi connectivity index (χ2v) is 8.91. The fourth-order valence-corrected chi connectivity index (χ4v) is 4.36. The summed E-state index contributed by atoms with van der Waals surface area (Å²) in [4.78, 5) is 23.8. The summed E-state index contributed by atoms with van der Waals surface area (Å²) in [6.45, 7) is 2.81. The molecule has 2 aromatic carbocycles. The normalized spacial score (nSPS) is 15.9. The standard InChI is InChI=1S/C26H27N7O2/c1-27-25(34)17-4-6-20(7-5-17)29-24-15-22(30-26(31-24)32-10-12-35-13-11-32)18-2-3-19-16-28-33(21-8-9-21)23(19)14-18/h2-7,14-16,21H,8-13H2,1H3,(H,27,34)(H,29,30,31). The van der Waals surface area contributed by atoms with Crippen molar-refractivity contribution in [3.05, 3.63) is 60.3 Å². The Hall–Kier alpha value is -3.98. The van der Waals surface area contributed by atoms with Crippen LogP contribution in [-0.4, -0.2) is 59.0 Å². The number of hydrogen-bond donors (Lipinski definition) is 2. The highest BCUT2D eigenvalue weighted by molar-refractivity contribution is 5.94. The molecule has 4 aromatic rings. The molecule has 9 nitrogen and oxygen atoms in total. The molecule has 1 saturated carbocycles. The molecule has 0 spiro atoms. The predicted molar refractivity (Wildman–Crippen MR) is 135 cm³/mol. The highest BCUT2D eigenvalue weighted by atomic mass is 16.5. The molecule has 2 N–H and O–H groups in total. The van der Waals surface area contributed by atoms with E-state index in [-0.39, 0.29) is 5.91 Å². The molecule has 0 bridgehead atoms. The van der Waals surface area contributed by atoms with Gasteiger partial charge >= 0.3 is 0 Å². The van der Waals surface area contributed by atoms with Gasteiger partial charge in [0.15, 0.2) is 0 Å². The number of fused-ring (bicyclic) bond motifs is 1. The topological polar surface area (TPSA) is 97.2 Å². The molecule has 0 unspecified atom stereocenters. The molecular formula is C26H27N7O2. The van der Waals surface area contributed by atoms with E-state index >= 15 is 0 Å². The van der Waals surface area contributed by atoms with Crippen LogP contribution in [0.3, 0.4) is 0 Å². The molecule has 9 heteroatoms. The Morgan fingerprint density at radius 1 is 1.03 bits per heavy atom. The Labute approximate surface area is 203 Å². The molecule has 0 atom stereocenters. The van der Waals surface area contributed by atoms with Crippen molar-refractivity contribution in [3.63, 3.8) is 0 Å². The largest absolute Gasteiger partial charge is 0.378 e. The summed E-state index contributed by atoms with van der Waals surface area (Å²) in [7, 11) is 1.62. The monoisotopic (exact) mass is 469 g/mol. The first-order valence-electron chi connectivity index (χ1n) is 12.0. The maximum absolute atomic E-state index is 11.9. The van der Waals surface area contributed by atoms with E-state index in [1.807, 2.05) is 24.4 Å². The number of amides is 1. The number of benzene rings is 2. The Morgan fingerprint density at radius 3 is 2.57 bits per heavy atom. The number of hydrogen-bond acceptors (Lipinski definition) is 7. The van der Waals surface area contributed by atoms with Gasteiger partial charge in [-0.05, 0) is 43.2 Å². The van der Waals surface area contributed by atoms with E-state index in [4.69, 9.17) is 14.7 Å². The van der Waals surface area contributed by atoms with Crippen LogP contribution in [0.5, 0.6) is 0 Å². The Kier molecular flexibility index (Phi) is 5.54. The minimum Gasteiger partial charge on any atom is -0.378 e. The van der Waals surface area contributed by atoms with Gasteiger partial charge < -0.3 is 20.3 Å². The van der Waals surface area contributed by atoms with E-state index in [0.717, 1.165) is 40.9 Å². The van der Waals surface area contributed by atoms with Crippen molar-refractivity contribution in [1.29, 1.82) is 0 Å². The van der Waals surface area contributed by atoms with E-state index in [1.165, 1.54) is 12.8 Å². The molecule has 6 rings (SSSR count). The lowest BCUT2D eigenvalue weighted by molar-refractivity contribution is 0.0963. The summed E-state index contributed by atoms with van der Waals surface area (Å²) >= 11 is 0. The second-order valence-electron chi connectivity index (χ2n) is 8.91. The minimum absolute atomic E-state index is 0.115. The summed E-state index contributed by atoms with van der Waals surface area (Å²) in [6.07, 6.45) is 4.30. The van der Waals surface area contributed by atoms with Crippen molar-refractivity contribution >= 4 is 34.3 Å². The number of nitrogens with zero attached hydrogens (tertiary/aromatic N) is 5. The van der Waals surface area contributed by atoms with Gasteiger partial charge in [-0.2, -0.15) is 10.1 Å². The maximum Gasteiger partial charge on any atom is 0.251 e. The first-order chi connectivity index (χ1) is 17.2. The summed E-state index contributed by atoms with van der Waals surface area (Å²) in [5, 5.41) is 11.8. The van der Waals surface area contributed by atoms with Gasteiger partial charge in [0.2, 0.25) is 5.95 Å². The molecule has 178 valence electrons. The Bertz CT molecular complexity index is 1370. The van der Waals surface area contributed by atoms with Gasteiger partial charge in [-0.15, -0.1) is 0 Å². The zero-order valence-electron chi connectivity index (χ0n) is 19.6. The second kappa shape index (κ2) is 8.99. The summed E-state index contributed by atoms with van der Waals surface area (Å²) in [5.74, 6) is 1.25. The number of anilines is 3. The van der Waals surface area contributed by atoms with E-state index in [0.29, 0.717) is 36.6 Å². The van der Waals surface area contributed by atoms with Gasteiger partial charge in [-0.1, -0.05) is 12.1 Å². The van der Waals surface area contributed by atoms with Crippen molar-refractivity contribution in [2.24, 2.45) is 0 Å². The molecule has 1 aliphatic carbocycles.